The summed E-state index contributed by atoms with van der Waals surface area (Å²) in [6.07, 6.45) is 1.42. The Balaban J connectivity index is 2.08. The lowest BCUT2D eigenvalue weighted by atomic mass is 10.1. The number of nitrogens with one attached hydrogen (secondary N) is 1. The van der Waals surface area contributed by atoms with Crippen molar-refractivity contribution >= 4 is 29.1 Å². The van der Waals surface area contributed by atoms with Crippen LogP contribution in [0.3, 0.4) is 0 Å². The zero-order valence-corrected chi connectivity index (χ0v) is 14.7. The van der Waals surface area contributed by atoms with Crippen LogP contribution >= 0.6 is 11.6 Å². The minimum atomic E-state index is -0.300. The summed E-state index contributed by atoms with van der Waals surface area (Å²) in [6, 6.07) is 8.96. The molecule has 0 saturated heterocycles. The van der Waals surface area contributed by atoms with Crippen molar-refractivity contribution in [3.8, 4) is 0 Å². The first-order valence-electron chi connectivity index (χ1n) is 7.69. The predicted octanol–water partition coefficient (Wildman–Crippen LogP) is 3.45. The van der Waals surface area contributed by atoms with Crippen molar-refractivity contribution in [2.45, 2.75) is 20.8 Å². The zero-order valence-electron chi connectivity index (χ0n) is 14.0. The zero-order chi connectivity index (χ0) is 17.7. The van der Waals surface area contributed by atoms with Gasteiger partial charge in [0.1, 0.15) is 12.2 Å². The number of para-hydroxylation sites is 1. The highest BCUT2D eigenvalue weighted by molar-refractivity contribution is 6.30. The maximum Gasteiger partial charge on any atom is 0.272 e. The Morgan fingerprint density at radius 2 is 1.83 bits per heavy atom. The van der Waals surface area contributed by atoms with Gasteiger partial charge in [0.25, 0.3) is 5.91 Å². The molecule has 0 unspecified atom stereocenters. The minimum absolute atomic E-state index is 0.0343. The van der Waals surface area contributed by atoms with Crippen LogP contribution in [-0.2, 0) is 4.79 Å². The SMILES string of the molecule is CCN(CC(=O)Nc1c(C)cccc1C)C(=O)c1ccc(Cl)cn1. The van der Waals surface area contributed by atoms with E-state index in [0.29, 0.717) is 11.6 Å². The number of amides is 2. The first kappa shape index (κ1) is 17.9. The van der Waals surface area contributed by atoms with Gasteiger partial charge in [-0.2, -0.15) is 0 Å². The number of likely N-dealkylation sites (N-methyl/N-ethyl adjacent to an activating group) is 1. The number of benzene rings is 1. The number of rotatable bonds is 5. The number of pyridine rings is 1. The first-order valence-corrected chi connectivity index (χ1v) is 8.07. The maximum absolute atomic E-state index is 12.4. The van der Waals surface area contributed by atoms with Crippen LogP contribution in [-0.4, -0.2) is 34.8 Å². The fourth-order valence-electron chi connectivity index (χ4n) is 2.36. The third-order valence-corrected chi connectivity index (χ3v) is 3.92. The van der Waals surface area contributed by atoms with Crippen molar-refractivity contribution in [3.63, 3.8) is 0 Å². The van der Waals surface area contributed by atoms with E-state index in [1.165, 1.54) is 11.1 Å². The van der Waals surface area contributed by atoms with Crippen LogP contribution in [0.2, 0.25) is 5.02 Å². The monoisotopic (exact) mass is 345 g/mol. The lowest BCUT2D eigenvalue weighted by Gasteiger charge is -2.20. The van der Waals surface area contributed by atoms with Gasteiger partial charge >= 0.3 is 0 Å². The van der Waals surface area contributed by atoms with Crippen LogP contribution in [0.15, 0.2) is 36.5 Å². The molecule has 24 heavy (non-hydrogen) atoms. The Labute approximate surface area is 146 Å². The highest BCUT2D eigenvalue weighted by atomic mass is 35.5. The molecule has 6 heteroatoms. The molecule has 1 heterocycles. The molecule has 0 fully saturated rings. The first-order chi connectivity index (χ1) is 11.4. The van der Waals surface area contributed by atoms with Crippen LogP contribution in [0, 0.1) is 13.8 Å². The largest absolute Gasteiger partial charge is 0.328 e. The standard InChI is InChI=1S/C18H20ClN3O2/c1-4-22(18(24)15-9-8-14(19)10-20-15)11-16(23)21-17-12(2)6-5-7-13(17)3/h5-10H,4,11H2,1-3H3,(H,21,23). The number of anilines is 1. The van der Waals surface area contributed by atoms with Gasteiger partial charge in [0.05, 0.1) is 5.02 Å². The summed E-state index contributed by atoms with van der Waals surface area (Å²) in [7, 11) is 0. The predicted molar refractivity (Wildman–Crippen MR) is 95.4 cm³/mol. The number of hydrogen-bond donors (Lipinski definition) is 1. The fourth-order valence-corrected chi connectivity index (χ4v) is 2.47. The van der Waals surface area contributed by atoms with Gasteiger partial charge in [0, 0.05) is 18.4 Å². The van der Waals surface area contributed by atoms with Gasteiger partial charge in [-0.15, -0.1) is 0 Å². The average Bonchev–Trinajstić information content (AvgIpc) is 2.56. The van der Waals surface area contributed by atoms with E-state index >= 15 is 0 Å². The Hall–Kier alpha value is -2.40. The molecule has 0 aliphatic heterocycles. The van der Waals surface area contributed by atoms with Crippen LogP contribution in [0.5, 0.6) is 0 Å². The van der Waals surface area contributed by atoms with Gasteiger partial charge in [-0.1, -0.05) is 29.8 Å². The second-order valence-electron chi connectivity index (χ2n) is 5.50. The fraction of sp³-hybridized carbons (Fsp3) is 0.278. The van der Waals surface area contributed by atoms with Gasteiger partial charge in [-0.05, 0) is 44.0 Å². The molecule has 0 aliphatic carbocycles. The quantitative estimate of drug-likeness (QED) is 0.902. The van der Waals surface area contributed by atoms with Crippen molar-refractivity contribution < 1.29 is 9.59 Å². The van der Waals surface area contributed by atoms with Gasteiger partial charge in [0.15, 0.2) is 0 Å². The van der Waals surface area contributed by atoms with E-state index < -0.39 is 0 Å². The van der Waals surface area contributed by atoms with Crippen molar-refractivity contribution in [2.75, 3.05) is 18.4 Å². The molecular formula is C18H20ClN3O2. The molecule has 1 N–H and O–H groups in total. The number of carbonyl (C=O) groups is 2. The molecule has 1 aromatic carbocycles. The smallest absolute Gasteiger partial charge is 0.272 e. The van der Waals surface area contributed by atoms with Crippen LogP contribution in [0.4, 0.5) is 5.69 Å². The van der Waals surface area contributed by atoms with Crippen LogP contribution < -0.4 is 5.32 Å². The summed E-state index contributed by atoms with van der Waals surface area (Å²) in [4.78, 5) is 30.2. The molecule has 1 aromatic heterocycles. The van der Waals surface area contributed by atoms with Crippen LogP contribution in [0.25, 0.3) is 0 Å². The van der Waals surface area contributed by atoms with E-state index in [1.807, 2.05) is 39.0 Å². The highest BCUT2D eigenvalue weighted by Crippen LogP contribution is 2.19. The second kappa shape index (κ2) is 7.93. The number of halogens is 1. The Morgan fingerprint density at radius 1 is 1.17 bits per heavy atom. The van der Waals surface area contributed by atoms with Gasteiger partial charge < -0.3 is 10.2 Å². The number of carbonyl (C=O) groups excluding carboxylic acids is 2. The number of hydrogen-bond acceptors (Lipinski definition) is 3. The lowest BCUT2D eigenvalue weighted by Crippen LogP contribution is -2.38. The van der Waals surface area contributed by atoms with E-state index in [-0.39, 0.29) is 24.1 Å². The van der Waals surface area contributed by atoms with Crippen molar-refractivity contribution in [3.05, 3.63) is 58.4 Å². The second-order valence-corrected chi connectivity index (χ2v) is 5.93. The number of nitrogens with zero attached hydrogens (tertiary/aromatic N) is 2. The highest BCUT2D eigenvalue weighted by Gasteiger charge is 2.19. The molecule has 0 aliphatic rings. The van der Waals surface area contributed by atoms with Crippen molar-refractivity contribution in [1.82, 2.24) is 9.88 Å². The topological polar surface area (TPSA) is 62.3 Å². The molecule has 0 atom stereocenters. The molecule has 2 aromatic rings. The van der Waals surface area contributed by atoms with E-state index in [0.717, 1.165) is 16.8 Å². The summed E-state index contributed by atoms with van der Waals surface area (Å²) in [5, 5.41) is 3.34. The van der Waals surface area contributed by atoms with Crippen LogP contribution in [0.1, 0.15) is 28.5 Å². The third-order valence-electron chi connectivity index (χ3n) is 3.70. The molecule has 0 spiro atoms. The maximum atomic E-state index is 12.4. The molecule has 2 amide bonds. The minimum Gasteiger partial charge on any atom is -0.328 e. The van der Waals surface area contributed by atoms with Crippen molar-refractivity contribution in [1.29, 1.82) is 0 Å². The van der Waals surface area contributed by atoms with E-state index in [2.05, 4.69) is 10.3 Å². The van der Waals surface area contributed by atoms with Gasteiger partial charge in [-0.25, -0.2) is 4.98 Å². The Morgan fingerprint density at radius 3 is 2.38 bits per heavy atom. The summed E-state index contributed by atoms with van der Waals surface area (Å²) in [6.45, 7) is 6.06. The lowest BCUT2D eigenvalue weighted by molar-refractivity contribution is -0.116. The molecular weight excluding hydrogens is 326 g/mol. The molecule has 0 radical (unpaired) electrons. The third kappa shape index (κ3) is 4.32. The molecule has 0 saturated carbocycles. The van der Waals surface area contributed by atoms with E-state index in [1.54, 1.807) is 12.1 Å². The summed E-state index contributed by atoms with van der Waals surface area (Å²) >= 11 is 5.78. The Kier molecular flexibility index (Phi) is 5.93. The molecule has 126 valence electrons. The van der Waals surface area contributed by atoms with Gasteiger partial charge in [0.2, 0.25) is 5.91 Å². The molecule has 2 rings (SSSR count). The number of aryl methyl sites for hydroxylation is 2. The Bertz CT molecular complexity index is 724. The van der Waals surface area contributed by atoms with Gasteiger partial charge in [-0.3, -0.25) is 9.59 Å². The molecule has 5 nitrogen and oxygen atoms in total. The average molecular weight is 346 g/mol. The summed E-state index contributed by atoms with van der Waals surface area (Å²) in [5.74, 6) is -0.539. The number of aromatic nitrogens is 1. The van der Waals surface area contributed by atoms with E-state index in [4.69, 9.17) is 11.6 Å². The van der Waals surface area contributed by atoms with Crippen molar-refractivity contribution in [2.24, 2.45) is 0 Å². The van der Waals surface area contributed by atoms with E-state index in [9.17, 15) is 9.59 Å². The normalized spacial score (nSPS) is 10.3. The summed E-state index contributed by atoms with van der Waals surface area (Å²) in [5.41, 5.74) is 3.02. The molecule has 0 bridgehead atoms. The summed E-state index contributed by atoms with van der Waals surface area (Å²) < 4.78 is 0.